The second kappa shape index (κ2) is 5.28. The Labute approximate surface area is 119 Å². The van der Waals surface area contributed by atoms with Crippen molar-refractivity contribution >= 4 is 15.7 Å². The number of rotatable bonds is 4. The highest BCUT2D eigenvalue weighted by Gasteiger charge is 2.16. The highest BCUT2D eigenvalue weighted by atomic mass is 32.2. The van der Waals surface area contributed by atoms with Gasteiger partial charge in [0.2, 0.25) is 0 Å². The summed E-state index contributed by atoms with van der Waals surface area (Å²) in [6, 6.07) is 6.94. The molecular formula is C14H19N3O2S. The molecule has 0 unspecified atom stereocenters. The van der Waals surface area contributed by atoms with Crippen molar-refractivity contribution in [2.24, 2.45) is 7.05 Å². The Hall–Kier alpha value is -1.82. The van der Waals surface area contributed by atoms with Crippen LogP contribution in [0.1, 0.15) is 31.0 Å². The summed E-state index contributed by atoms with van der Waals surface area (Å²) in [6.45, 7) is 5.90. The van der Waals surface area contributed by atoms with Gasteiger partial charge in [-0.15, -0.1) is 0 Å². The number of benzene rings is 1. The van der Waals surface area contributed by atoms with Crippen LogP contribution in [0.2, 0.25) is 0 Å². The summed E-state index contributed by atoms with van der Waals surface area (Å²) in [5, 5.41) is 4.12. The highest BCUT2D eigenvalue weighted by molar-refractivity contribution is 7.92. The van der Waals surface area contributed by atoms with E-state index in [-0.39, 0.29) is 4.90 Å². The van der Waals surface area contributed by atoms with Gasteiger partial charge in [0.1, 0.15) is 0 Å². The molecule has 0 saturated heterocycles. The molecule has 0 saturated carbocycles. The van der Waals surface area contributed by atoms with Crippen LogP contribution < -0.4 is 4.72 Å². The van der Waals surface area contributed by atoms with E-state index in [0.717, 1.165) is 5.56 Å². The fraction of sp³-hybridized carbons (Fsp3) is 0.357. The van der Waals surface area contributed by atoms with Gasteiger partial charge in [-0.3, -0.25) is 9.40 Å². The van der Waals surface area contributed by atoms with Gasteiger partial charge in [-0.1, -0.05) is 26.0 Å². The van der Waals surface area contributed by atoms with E-state index in [9.17, 15) is 8.42 Å². The van der Waals surface area contributed by atoms with Crippen molar-refractivity contribution in [1.29, 1.82) is 0 Å². The zero-order valence-corrected chi connectivity index (χ0v) is 12.9. The molecule has 1 aromatic heterocycles. The largest absolute Gasteiger partial charge is 0.276 e. The Kier molecular flexibility index (Phi) is 3.85. The van der Waals surface area contributed by atoms with E-state index in [1.807, 2.05) is 12.1 Å². The van der Waals surface area contributed by atoms with Crippen LogP contribution in [0.4, 0.5) is 5.69 Å². The van der Waals surface area contributed by atoms with Gasteiger partial charge in [-0.2, -0.15) is 5.10 Å². The number of hydrogen-bond acceptors (Lipinski definition) is 3. The molecule has 0 aliphatic heterocycles. The summed E-state index contributed by atoms with van der Waals surface area (Å²) >= 11 is 0. The van der Waals surface area contributed by atoms with Crippen molar-refractivity contribution in [2.45, 2.75) is 31.6 Å². The predicted molar refractivity (Wildman–Crippen MR) is 79.3 cm³/mol. The maximum Gasteiger partial charge on any atom is 0.262 e. The van der Waals surface area contributed by atoms with Crippen LogP contribution >= 0.6 is 0 Å². The first-order valence-electron chi connectivity index (χ1n) is 6.42. The summed E-state index contributed by atoms with van der Waals surface area (Å²) in [6.07, 6.45) is 1.65. The third-order valence-corrected chi connectivity index (χ3v) is 4.50. The third kappa shape index (κ3) is 3.01. The Morgan fingerprint density at radius 3 is 2.25 bits per heavy atom. The van der Waals surface area contributed by atoms with Gasteiger partial charge < -0.3 is 0 Å². The van der Waals surface area contributed by atoms with Gasteiger partial charge in [0, 0.05) is 13.2 Å². The lowest BCUT2D eigenvalue weighted by Gasteiger charge is -2.09. The first kappa shape index (κ1) is 14.6. The number of sulfonamides is 1. The fourth-order valence-electron chi connectivity index (χ4n) is 1.94. The summed E-state index contributed by atoms with van der Waals surface area (Å²) < 4.78 is 28.7. The molecule has 2 rings (SSSR count). The van der Waals surface area contributed by atoms with Gasteiger partial charge in [-0.25, -0.2) is 8.42 Å². The Morgan fingerprint density at radius 1 is 1.20 bits per heavy atom. The smallest absolute Gasteiger partial charge is 0.262 e. The number of aromatic nitrogens is 2. The molecule has 0 spiro atoms. The zero-order valence-electron chi connectivity index (χ0n) is 12.1. The van der Waals surface area contributed by atoms with Crippen molar-refractivity contribution in [1.82, 2.24) is 9.78 Å². The molecule has 1 N–H and O–H groups in total. The molecule has 0 bridgehead atoms. The molecule has 0 atom stereocenters. The van der Waals surface area contributed by atoms with Crippen LogP contribution in [0.3, 0.4) is 0 Å². The molecular weight excluding hydrogens is 274 g/mol. The van der Waals surface area contributed by atoms with E-state index in [0.29, 0.717) is 17.3 Å². The molecule has 0 aliphatic rings. The van der Waals surface area contributed by atoms with Gasteiger partial charge >= 0.3 is 0 Å². The first-order valence-corrected chi connectivity index (χ1v) is 7.91. The van der Waals surface area contributed by atoms with Crippen molar-refractivity contribution in [3.63, 3.8) is 0 Å². The highest BCUT2D eigenvalue weighted by Crippen LogP contribution is 2.21. The van der Waals surface area contributed by atoms with E-state index in [1.165, 1.54) is 0 Å². The average molecular weight is 293 g/mol. The number of aryl methyl sites for hydroxylation is 2. The number of nitrogens with one attached hydrogen (secondary N) is 1. The van der Waals surface area contributed by atoms with Crippen LogP contribution in [0.5, 0.6) is 0 Å². The van der Waals surface area contributed by atoms with Crippen LogP contribution in [-0.2, 0) is 17.1 Å². The second-order valence-electron chi connectivity index (χ2n) is 5.13. The SMILES string of the molecule is Cc1nn(C)cc1NS(=O)(=O)c1ccc(C(C)C)cc1. The lowest BCUT2D eigenvalue weighted by molar-refractivity contribution is 0.601. The number of anilines is 1. The maximum absolute atomic E-state index is 12.3. The van der Waals surface area contributed by atoms with E-state index in [2.05, 4.69) is 23.7 Å². The Balaban J connectivity index is 2.28. The fourth-order valence-corrected chi connectivity index (χ4v) is 3.04. The lowest BCUT2D eigenvalue weighted by atomic mass is 10.0. The van der Waals surface area contributed by atoms with Gasteiger partial charge in [-0.05, 0) is 30.5 Å². The van der Waals surface area contributed by atoms with Crippen molar-refractivity contribution < 1.29 is 8.42 Å². The van der Waals surface area contributed by atoms with Crippen molar-refractivity contribution in [3.05, 3.63) is 41.7 Å². The second-order valence-corrected chi connectivity index (χ2v) is 6.81. The minimum Gasteiger partial charge on any atom is -0.276 e. The summed E-state index contributed by atoms with van der Waals surface area (Å²) in [4.78, 5) is 0.255. The van der Waals surface area contributed by atoms with E-state index in [4.69, 9.17) is 0 Å². The first-order chi connectivity index (χ1) is 9.29. The topological polar surface area (TPSA) is 64.0 Å². The van der Waals surface area contributed by atoms with E-state index in [1.54, 1.807) is 37.0 Å². The summed E-state index contributed by atoms with van der Waals surface area (Å²) in [5.74, 6) is 0.375. The summed E-state index contributed by atoms with van der Waals surface area (Å²) in [5.41, 5.74) is 2.26. The van der Waals surface area contributed by atoms with E-state index < -0.39 is 10.0 Å². The van der Waals surface area contributed by atoms with Gasteiger partial charge in [0.15, 0.2) is 0 Å². The third-order valence-electron chi connectivity index (χ3n) is 3.11. The van der Waals surface area contributed by atoms with Crippen LogP contribution in [0, 0.1) is 6.92 Å². The Bertz CT molecular complexity index is 701. The normalized spacial score (nSPS) is 11.8. The standard InChI is InChI=1S/C14H19N3O2S/c1-10(2)12-5-7-13(8-6-12)20(18,19)16-14-9-17(4)15-11(14)3/h5-10,16H,1-4H3. The quantitative estimate of drug-likeness (QED) is 0.942. The molecule has 20 heavy (non-hydrogen) atoms. The van der Waals surface area contributed by atoms with Crippen LogP contribution in [-0.4, -0.2) is 18.2 Å². The van der Waals surface area contributed by atoms with Gasteiger partial charge in [0.05, 0.1) is 16.3 Å². The monoisotopic (exact) mass is 293 g/mol. The molecule has 1 aromatic carbocycles. The van der Waals surface area contributed by atoms with Gasteiger partial charge in [0.25, 0.3) is 10.0 Å². The molecule has 2 aromatic rings. The summed E-state index contributed by atoms with van der Waals surface area (Å²) in [7, 11) is -1.82. The van der Waals surface area contributed by atoms with Crippen molar-refractivity contribution in [3.8, 4) is 0 Å². The maximum atomic E-state index is 12.3. The molecule has 1 heterocycles. The minimum atomic E-state index is -3.57. The lowest BCUT2D eigenvalue weighted by Crippen LogP contribution is -2.13. The molecule has 0 aliphatic carbocycles. The van der Waals surface area contributed by atoms with Crippen molar-refractivity contribution in [2.75, 3.05) is 4.72 Å². The zero-order chi connectivity index (χ0) is 14.9. The Morgan fingerprint density at radius 2 is 1.80 bits per heavy atom. The molecule has 6 heteroatoms. The number of hydrogen-bond donors (Lipinski definition) is 1. The molecule has 0 fully saturated rings. The molecule has 5 nitrogen and oxygen atoms in total. The minimum absolute atomic E-state index is 0.255. The average Bonchev–Trinajstić information content (AvgIpc) is 2.67. The van der Waals surface area contributed by atoms with Crippen LogP contribution in [0.25, 0.3) is 0 Å². The van der Waals surface area contributed by atoms with Crippen LogP contribution in [0.15, 0.2) is 35.4 Å². The predicted octanol–water partition coefficient (Wildman–Crippen LogP) is 2.65. The number of nitrogens with zero attached hydrogens (tertiary/aromatic N) is 2. The molecule has 0 amide bonds. The molecule has 0 radical (unpaired) electrons. The molecule has 108 valence electrons. The van der Waals surface area contributed by atoms with E-state index >= 15 is 0 Å².